The van der Waals surface area contributed by atoms with Crippen LogP contribution in [0.3, 0.4) is 0 Å². The van der Waals surface area contributed by atoms with Gasteiger partial charge in [-0.2, -0.15) is 0 Å². The van der Waals surface area contributed by atoms with Crippen LogP contribution in [0.15, 0.2) is 24.3 Å². The van der Waals surface area contributed by atoms with Crippen molar-refractivity contribution in [1.29, 1.82) is 0 Å². The van der Waals surface area contributed by atoms with Crippen molar-refractivity contribution in [2.45, 2.75) is 13.8 Å². The molecule has 0 amide bonds. The van der Waals surface area contributed by atoms with Gasteiger partial charge in [0.05, 0.1) is 0 Å². The fourth-order valence-corrected chi connectivity index (χ4v) is 1.14. The van der Waals surface area contributed by atoms with Gasteiger partial charge in [0, 0.05) is 5.56 Å². The summed E-state index contributed by atoms with van der Waals surface area (Å²) in [5, 5.41) is 0. The van der Waals surface area contributed by atoms with Gasteiger partial charge in [-0.1, -0.05) is 24.3 Å². The first-order valence-electron chi connectivity index (χ1n) is 3.96. The minimum atomic E-state index is 0.737. The summed E-state index contributed by atoms with van der Waals surface area (Å²) >= 11 is 0. The number of allylic oxidation sites excluding steroid dienone is 1. The van der Waals surface area contributed by atoms with Crippen molar-refractivity contribution < 1.29 is 4.79 Å². The van der Waals surface area contributed by atoms with Crippen LogP contribution in [-0.2, 0) is 0 Å². The Morgan fingerprint density at radius 3 is 2.58 bits per heavy atom. The molecule has 0 aliphatic carbocycles. The van der Waals surface area contributed by atoms with E-state index < -0.39 is 0 Å². The largest absolute Gasteiger partial charge is 0.298 e. The van der Waals surface area contributed by atoms with Crippen molar-refractivity contribution in [3.05, 3.63) is 41.0 Å². The smallest absolute Gasteiger partial charge is 0.150 e. The molecule has 0 spiro atoms. The molecule has 0 heterocycles. The van der Waals surface area contributed by atoms with E-state index in [1.165, 1.54) is 5.56 Å². The number of carbonyl (C=O) groups is 1. The van der Waals surface area contributed by atoms with Crippen LogP contribution in [0.2, 0.25) is 0 Å². The molecule has 0 aliphatic heterocycles. The van der Waals surface area contributed by atoms with Gasteiger partial charge in [-0.05, 0) is 31.0 Å². The molecule has 0 saturated carbocycles. The Bertz CT molecular complexity index is 311. The first-order chi connectivity index (χ1) is 5.77. The summed E-state index contributed by atoms with van der Waals surface area (Å²) in [4.78, 5) is 10.4. The van der Waals surface area contributed by atoms with E-state index in [-0.39, 0.29) is 0 Å². The second-order valence-electron chi connectivity index (χ2n) is 2.73. The highest BCUT2D eigenvalue weighted by atomic mass is 16.1. The van der Waals surface area contributed by atoms with E-state index in [2.05, 4.69) is 0 Å². The predicted octanol–water partition coefficient (Wildman–Crippen LogP) is 2.84. The third kappa shape index (κ3) is 1.82. The highest BCUT2D eigenvalue weighted by Gasteiger charge is 1.94. The maximum atomic E-state index is 10.4. The van der Waals surface area contributed by atoms with E-state index in [0.29, 0.717) is 0 Å². The summed E-state index contributed by atoms with van der Waals surface area (Å²) in [5.74, 6) is 0. The van der Waals surface area contributed by atoms with Crippen molar-refractivity contribution in [2.75, 3.05) is 0 Å². The van der Waals surface area contributed by atoms with E-state index in [9.17, 15) is 4.79 Å². The maximum Gasteiger partial charge on any atom is 0.150 e. The molecular formula is C11H12O. The zero-order chi connectivity index (χ0) is 8.97. The van der Waals surface area contributed by atoms with Gasteiger partial charge in [-0.15, -0.1) is 0 Å². The molecule has 0 atom stereocenters. The zero-order valence-electron chi connectivity index (χ0n) is 7.37. The average molecular weight is 160 g/mol. The molecule has 0 fully saturated rings. The summed E-state index contributed by atoms with van der Waals surface area (Å²) in [6, 6.07) is 5.68. The Kier molecular flexibility index (Phi) is 2.81. The van der Waals surface area contributed by atoms with Crippen LogP contribution in [-0.4, -0.2) is 6.29 Å². The number of carbonyl (C=O) groups excluding carboxylic acids is 1. The van der Waals surface area contributed by atoms with E-state index in [4.69, 9.17) is 0 Å². The van der Waals surface area contributed by atoms with Crippen molar-refractivity contribution in [3.63, 3.8) is 0 Å². The molecule has 1 nitrogen and oxygen atoms in total. The normalized spacial score (nSPS) is 10.5. The van der Waals surface area contributed by atoms with Gasteiger partial charge in [0.15, 0.2) is 0 Å². The van der Waals surface area contributed by atoms with Crippen molar-refractivity contribution in [2.24, 2.45) is 0 Å². The third-order valence-corrected chi connectivity index (χ3v) is 1.78. The number of hydrogen-bond acceptors (Lipinski definition) is 1. The minimum absolute atomic E-state index is 0.737. The SMILES string of the molecule is C/C=C\c1ccc(C=O)cc1C. The molecule has 0 saturated heterocycles. The first kappa shape index (κ1) is 8.72. The summed E-state index contributed by atoms with van der Waals surface area (Å²) < 4.78 is 0. The van der Waals surface area contributed by atoms with E-state index in [1.807, 2.05) is 44.2 Å². The van der Waals surface area contributed by atoms with Gasteiger partial charge >= 0.3 is 0 Å². The Balaban J connectivity index is 3.11. The van der Waals surface area contributed by atoms with Gasteiger partial charge in [0.1, 0.15) is 6.29 Å². The van der Waals surface area contributed by atoms with Crippen LogP contribution in [0.25, 0.3) is 6.08 Å². The van der Waals surface area contributed by atoms with Gasteiger partial charge in [0.2, 0.25) is 0 Å². The van der Waals surface area contributed by atoms with Crippen molar-refractivity contribution in [1.82, 2.24) is 0 Å². The standard InChI is InChI=1S/C11H12O/c1-3-4-11-6-5-10(8-12)7-9(11)2/h3-8H,1-2H3/b4-3-. The predicted molar refractivity (Wildman–Crippen MR) is 51.3 cm³/mol. The molecule has 1 heteroatoms. The average Bonchev–Trinajstić information content (AvgIpc) is 2.09. The van der Waals surface area contributed by atoms with Crippen LogP contribution in [0.1, 0.15) is 28.4 Å². The number of aryl methyl sites for hydroxylation is 1. The quantitative estimate of drug-likeness (QED) is 0.608. The Morgan fingerprint density at radius 1 is 1.33 bits per heavy atom. The second kappa shape index (κ2) is 3.86. The minimum Gasteiger partial charge on any atom is -0.298 e. The van der Waals surface area contributed by atoms with Crippen molar-refractivity contribution in [3.8, 4) is 0 Å². The third-order valence-electron chi connectivity index (χ3n) is 1.78. The lowest BCUT2D eigenvalue weighted by Crippen LogP contribution is -1.84. The molecule has 1 aromatic rings. The number of rotatable bonds is 2. The molecule has 0 radical (unpaired) electrons. The molecule has 0 unspecified atom stereocenters. The maximum absolute atomic E-state index is 10.4. The topological polar surface area (TPSA) is 17.1 Å². The molecule has 62 valence electrons. The van der Waals surface area contributed by atoms with Crippen LogP contribution in [0.5, 0.6) is 0 Å². The van der Waals surface area contributed by atoms with Crippen LogP contribution >= 0.6 is 0 Å². The molecule has 0 bridgehead atoms. The number of hydrogen-bond donors (Lipinski definition) is 0. The highest BCUT2D eigenvalue weighted by molar-refractivity contribution is 5.76. The fourth-order valence-electron chi connectivity index (χ4n) is 1.14. The molecular weight excluding hydrogens is 148 g/mol. The van der Waals surface area contributed by atoms with Gasteiger partial charge in [-0.3, -0.25) is 4.79 Å². The summed E-state index contributed by atoms with van der Waals surface area (Å²) in [5.41, 5.74) is 3.04. The van der Waals surface area contributed by atoms with E-state index >= 15 is 0 Å². The van der Waals surface area contributed by atoms with Gasteiger partial charge in [-0.25, -0.2) is 0 Å². The number of benzene rings is 1. The molecule has 1 aromatic carbocycles. The molecule has 1 rings (SSSR count). The first-order valence-corrected chi connectivity index (χ1v) is 3.96. The lowest BCUT2D eigenvalue weighted by atomic mass is 10.1. The van der Waals surface area contributed by atoms with Gasteiger partial charge < -0.3 is 0 Å². The number of aldehydes is 1. The van der Waals surface area contributed by atoms with E-state index in [0.717, 1.165) is 17.4 Å². The molecule has 12 heavy (non-hydrogen) atoms. The Morgan fingerprint density at radius 2 is 2.08 bits per heavy atom. The summed E-state index contributed by atoms with van der Waals surface area (Å²) in [6.07, 6.45) is 4.89. The molecule has 0 N–H and O–H groups in total. The van der Waals surface area contributed by atoms with Crippen LogP contribution in [0.4, 0.5) is 0 Å². The monoisotopic (exact) mass is 160 g/mol. The summed E-state index contributed by atoms with van der Waals surface area (Å²) in [7, 11) is 0. The summed E-state index contributed by atoms with van der Waals surface area (Å²) in [6.45, 7) is 3.98. The van der Waals surface area contributed by atoms with Crippen LogP contribution < -0.4 is 0 Å². The van der Waals surface area contributed by atoms with Gasteiger partial charge in [0.25, 0.3) is 0 Å². The fraction of sp³-hybridized carbons (Fsp3) is 0.182. The lowest BCUT2D eigenvalue weighted by Gasteiger charge is -1.99. The highest BCUT2D eigenvalue weighted by Crippen LogP contribution is 2.11. The lowest BCUT2D eigenvalue weighted by molar-refractivity contribution is 0.112. The molecule has 0 aliphatic rings. The Labute approximate surface area is 72.7 Å². The van der Waals surface area contributed by atoms with Crippen molar-refractivity contribution >= 4 is 12.4 Å². The van der Waals surface area contributed by atoms with E-state index in [1.54, 1.807) is 0 Å². The molecule has 0 aromatic heterocycles. The second-order valence-corrected chi connectivity index (χ2v) is 2.73. The van der Waals surface area contributed by atoms with Crippen LogP contribution in [0, 0.1) is 6.92 Å². The zero-order valence-corrected chi connectivity index (χ0v) is 7.37. The Hall–Kier alpha value is -1.37.